The van der Waals surface area contributed by atoms with Gasteiger partial charge in [0.05, 0.1) is 37.0 Å². The number of hydrogen-bond acceptors (Lipinski definition) is 8. The third kappa shape index (κ3) is 3.71. The van der Waals surface area contributed by atoms with E-state index in [1.54, 1.807) is 0 Å². The fraction of sp³-hybridized carbons (Fsp3) is 0.462. The molecular weight excluding hydrogens is 495 g/mol. The molecule has 3 aromatic rings. The molecule has 0 amide bonds. The third-order valence-electron chi connectivity index (χ3n) is 8.08. The number of methoxy groups -OCH3 is 1. The molecule has 3 fully saturated rings. The number of halogens is 2. The minimum absolute atomic E-state index is 0.137. The van der Waals surface area contributed by atoms with Gasteiger partial charge in [0.25, 0.3) is 0 Å². The summed E-state index contributed by atoms with van der Waals surface area (Å²) >= 11 is 6.39. The molecular formula is C26H26ClFN8O. The summed E-state index contributed by atoms with van der Waals surface area (Å²) in [6, 6.07) is 9.86. The van der Waals surface area contributed by atoms with E-state index in [4.69, 9.17) is 16.3 Å². The topological polar surface area (TPSA) is 86.3 Å². The number of fused-ring (bicyclic) bond motifs is 3. The first-order valence-corrected chi connectivity index (χ1v) is 12.8. The summed E-state index contributed by atoms with van der Waals surface area (Å²) in [5.74, 6) is 2.45. The molecule has 2 saturated heterocycles. The van der Waals surface area contributed by atoms with Crippen molar-refractivity contribution < 1.29 is 9.13 Å². The molecule has 0 N–H and O–H groups in total. The van der Waals surface area contributed by atoms with E-state index in [-0.39, 0.29) is 10.8 Å². The highest BCUT2D eigenvalue weighted by molar-refractivity contribution is 6.30. The number of benzene rings is 1. The number of pyridine rings is 1. The second-order valence-corrected chi connectivity index (χ2v) is 11.4. The zero-order valence-corrected chi connectivity index (χ0v) is 21.2. The average Bonchev–Trinajstić information content (AvgIpc) is 3.53. The number of hydrogen-bond donors (Lipinski definition) is 0. The van der Waals surface area contributed by atoms with E-state index in [1.807, 2.05) is 18.2 Å². The molecule has 190 valence electrons. The molecule has 37 heavy (non-hydrogen) atoms. The molecule has 0 bridgehead atoms. The number of ether oxygens (including phenoxy) is 1. The van der Waals surface area contributed by atoms with E-state index in [2.05, 4.69) is 40.5 Å². The molecule has 9 nitrogen and oxygen atoms in total. The molecule has 1 aromatic carbocycles. The van der Waals surface area contributed by atoms with Gasteiger partial charge in [-0.2, -0.15) is 5.26 Å². The van der Waals surface area contributed by atoms with Crippen molar-refractivity contribution in [3.05, 3.63) is 52.7 Å². The summed E-state index contributed by atoms with van der Waals surface area (Å²) in [5, 5.41) is 19.6. The van der Waals surface area contributed by atoms with Crippen molar-refractivity contribution in [3.63, 3.8) is 0 Å². The van der Waals surface area contributed by atoms with Gasteiger partial charge in [-0.15, -0.1) is 10.2 Å². The summed E-state index contributed by atoms with van der Waals surface area (Å²) < 4.78 is 21.1. The van der Waals surface area contributed by atoms with Crippen molar-refractivity contribution in [3.8, 4) is 17.5 Å². The molecule has 0 unspecified atom stereocenters. The third-order valence-corrected chi connectivity index (χ3v) is 8.31. The van der Waals surface area contributed by atoms with Crippen LogP contribution >= 0.6 is 11.6 Å². The van der Waals surface area contributed by atoms with Gasteiger partial charge in [-0.05, 0) is 36.6 Å². The molecule has 2 aromatic heterocycles. The number of nitriles is 1. The maximum Gasteiger partial charge on any atom is 0.231 e. The Kier molecular flexibility index (Phi) is 4.94. The van der Waals surface area contributed by atoms with Gasteiger partial charge in [-0.1, -0.05) is 11.6 Å². The Morgan fingerprint density at radius 3 is 2.62 bits per heavy atom. The van der Waals surface area contributed by atoms with Gasteiger partial charge >= 0.3 is 0 Å². The van der Waals surface area contributed by atoms with Crippen molar-refractivity contribution in [2.24, 2.45) is 10.8 Å². The van der Waals surface area contributed by atoms with Crippen LogP contribution in [0.3, 0.4) is 0 Å². The second kappa shape index (κ2) is 8.04. The van der Waals surface area contributed by atoms with E-state index in [9.17, 15) is 9.65 Å². The van der Waals surface area contributed by atoms with Crippen molar-refractivity contribution in [1.82, 2.24) is 24.6 Å². The zero-order chi connectivity index (χ0) is 25.4. The van der Waals surface area contributed by atoms with E-state index in [0.717, 1.165) is 68.6 Å². The molecule has 5 heterocycles. The fourth-order valence-corrected chi connectivity index (χ4v) is 6.27. The van der Waals surface area contributed by atoms with Crippen molar-refractivity contribution >= 4 is 23.4 Å². The van der Waals surface area contributed by atoms with Gasteiger partial charge in [0.15, 0.2) is 17.4 Å². The summed E-state index contributed by atoms with van der Waals surface area (Å²) in [6.07, 6.45) is 3.13. The Hall–Kier alpha value is -3.42. The van der Waals surface area contributed by atoms with Crippen LogP contribution in [0, 0.1) is 28.0 Å². The minimum Gasteiger partial charge on any atom is -0.493 e. The standard InChI is InChI=1S/C26H26ClFN8O/c1-37-21-7-19(28)8-30-23(21)34-13-26(14-34)15-35(16-26)24-32-31-22-10-33(12-25(11-29)4-5-25)9-17-6-18(27)2-3-20(17)36(22)24/h2-3,6-8H,4-5,9-10,12-16H2,1H3. The molecule has 1 aliphatic carbocycles. The first kappa shape index (κ1) is 22.8. The first-order valence-electron chi connectivity index (χ1n) is 12.5. The summed E-state index contributed by atoms with van der Waals surface area (Å²) in [7, 11) is 1.54. The van der Waals surface area contributed by atoms with Gasteiger partial charge in [0, 0.05) is 55.8 Å². The Morgan fingerprint density at radius 2 is 1.89 bits per heavy atom. The Labute approximate surface area is 219 Å². The summed E-state index contributed by atoms with van der Waals surface area (Å²) in [4.78, 5) is 11.0. The van der Waals surface area contributed by atoms with Gasteiger partial charge < -0.3 is 14.5 Å². The van der Waals surface area contributed by atoms with E-state index in [0.29, 0.717) is 29.7 Å². The predicted molar refractivity (Wildman–Crippen MR) is 135 cm³/mol. The van der Waals surface area contributed by atoms with Crippen LogP contribution in [0.15, 0.2) is 30.5 Å². The maximum absolute atomic E-state index is 13.6. The van der Waals surface area contributed by atoms with Crippen molar-refractivity contribution in [1.29, 1.82) is 5.26 Å². The highest BCUT2D eigenvalue weighted by atomic mass is 35.5. The highest BCUT2D eigenvalue weighted by Crippen LogP contribution is 2.47. The monoisotopic (exact) mass is 520 g/mol. The minimum atomic E-state index is -0.404. The van der Waals surface area contributed by atoms with Crippen LogP contribution in [0.25, 0.3) is 5.69 Å². The number of nitrogens with zero attached hydrogens (tertiary/aromatic N) is 8. The fourth-order valence-electron chi connectivity index (χ4n) is 6.07. The lowest BCUT2D eigenvalue weighted by atomic mass is 9.73. The number of anilines is 2. The predicted octanol–water partition coefficient (Wildman–Crippen LogP) is 3.41. The molecule has 7 rings (SSSR count). The molecule has 3 aliphatic heterocycles. The number of aromatic nitrogens is 4. The van der Waals surface area contributed by atoms with E-state index >= 15 is 0 Å². The Morgan fingerprint density at radius 1 is 1.11 bits per heavy atom. The van der Waals surface area contributed by atoms with Gasteiger partial charge in [-0.25, -0.2) is 9.37 Å². The quantitative estimate of drug-likeness (QED) is 0.506. The molecule has 1 saturated carbocycles. The smallest absolute Gasteiger partial charge is 0.231 e. The Balaban J connectivity index is 1.12. The van der Waals surface area contributed by atoms with Crippen LogP contribution in [0.2, 0.25) is 5.02 Å². The first-order chi connectivity index (χ1) is 17.9. The summed E-state index contributed by atoms with van der Waals surface area (Å²) in [5.41, 5.74) is 2.05. The van der Waals surface area contributed by atoms with Gasteiger partial charge in [0.2, 0.25) is 5.95 Å². The van der Waals surface area contributed by atoms with Crippen molar-refractivity contribution in [2.45, 2.75) is 25.9 Å². The second-order valence-electron chi connectivity index (χ2n) is 11.0. The van der Waals surface area contributed by atoms with Crippen LogP contribution in [-0.4, -0.2) is 64.5 Å². The molecule has 11 heteroatoms. The highest BCUT2D eigenvalue weighted by Gasteiger charge is 2.54. The molecule has 0 radical (unpaired) electrons. The lowest BCUT2D eigenvalue weighted by Gasteiger charge is -2.60. The summed E-state index contributed by atoms with van der Waals surface area (Å²) in [6.45, 7) is 5.44. The van der Waals surface area contributed by atoms with Crippen LogP contribution in [0.4, 0.5) is 16.2 Å². The molecule has 4 aliphatic rings. The van der Waals surface area contributed by atoms with Crippen LogP contribution < -0.4 is 14.5 Å². The van der Waals surface area contributed by atoms with E-state index < -0.39 is 5.82 Å². The van der Waals surface area contributed by atoms with Gasteiger partial charge in [-0.3, -0.25) is 9.47 Å². The van der Waals surface area contributed by atoms with Crippen LogP contribution in [0.1, 0.15) is 24.2 Å². The lowest BCUT2D eigenvalue weighted by molar-refractivity contribution is 0.152. The van der Waals surface area contributed by atoms with Gasteiger partial charge in [0.1, 0.15) is 5.82 Å². The SMILES string of the molecule is COc1cc(F)cnc1N1CC2(C1)CN(c1nnc3n1-c1ccc(Cl)cc1CN(CC1(C#N)CC1)C3)C2. The largest absolute Gasteiger partial charge is 0.493 e. The zero-order valence-electron chi connectivity index (χ0n) is 20.5. The number of rotatable bonds is 5. The van der Waals surface area contributed by atoms with Crippen LogP contribution in [-0.2, 0) is 13.1 Å². The normalized spacial score (nSPS) is 20.8. The Bertz CT molecular complexity index is 1430. The van der Waals surface area contributed by atoms with E-state index in [1.165, 1.54) is 19.4 Å². The maximum atomic E-state index is 13.6. The van der Waals surface area contributed by atoms with Crippen molar-refractivity contribution in [2.75, 3.05) is 49.6 Å². The molecule has 1 spiro atoms. The average molecular weight is 521 g/mol. The van der Waals surface area contributed by atoms with Crippen LogP contribution in [0.5, 0.6) is 5.75 Å². The lowest BCUT2D eigenvalue weighted by Crippen LogP contribution is -2.73. The molecule has 0 atom stereocenters.